The van der Waals surface area contributed by atoms with Gasteiger partial charge in [-0.2, -0.15) is 0 Å². The summed E-state index contributed by atoms with van der Waals surface area (Å²) in [5.41, 5.74) is 1.72. The highest BCUT2D eigenvalue weighted by molar-refractivity contribution is 14.1. The number of hydrogen-bond acceptors (Lipinski definition) is 10. The molecule has 2 aromatic carbocycles. The van der Waals surface area contributed by atoms with Crippen molar-refractivity contribution in [1.82, 2.24) is 4.57 Å². The van der Waals surface area contributed by atoms with Crippen molar-refractivity contribution in [2.24, 2.45) is 4.99 Å². The maximum Gasteiger partial charge on any atom is 0.338 e. The van der Waals surface area contributed by atoms with E-state index in [1.807, 2.05) is 26.8 Å². The fourth-order valence-corrected chi connectivity index (χ4v) is 6.46. The monoisotopic (exact) mass is 720 g/mol. The zero-order valence-electron chi connectivity index (χ0n) is 24.8. The molecule has 1 aromatic heterocycles. The lowest BCUT2D eigenvalue weighted by Crippen LogP contribution is -2.40. The van der Waals surface area contributed by atoms with Crippen LogP contribution < -0.4 is 33.8 Å². The predicted molar refractivity (Wildman–Crippen MR) is 171 cm³/mol. The largest absolute Gasteiger partial charge is 0.490 e. The molecule has 10 nitrogen and oxygen atoms in total. The van der Waals surface area contributed by atoms with Crippen LogP contribution in [0.4, 0.5) is 0 Å². The van der Waals surface area contributed by atoms with Gasteiger partial charge in [-0.1, -0.05) is 17.4 Å². The summed E-state index contributed by atoms with van der Waals surface area (Å²) in [5, 5.41) is 0. The van der Waals surface area contributed by atoms with Crippen molar-refractivity contribution in [1.29, 1.82) is 0 Å². The van der Waals surface area contributed by atoms with E-state index in [4.69, 9.17) is 23.7 Å². The molecule has 1 aliphatic heterocycles. The zero-order chi connectivity index (χ0) is 31.3. The van der Waals surface area contributed by atoms with Crippen molar-refractivity contribution in [3.8, 4) is 23.0 Å². The first-order valence-electron chi connectivity index (χ1n) is 13.9. The van der Waals surface area contributed by atoms with E-state index in [1.165, 1.54) is 22.8 Å². The smallest absolute Gasteiger partial charge is 0.338 e. The van der Waals surface area contributed by atoms with Crippen molar-refractivity contribution < 1.29 is 33.3 Å². The average molecular weight is 721 g/mol. The molecule has 0 fully saturated rings. The first kappa shape index (κ1) is 32.3. The van der Waals surface area contributed by atoms with Gasteiger partial charge in [-0.15, -0.1) is 0 Å². The van der Waals surface area contributed by atoms with Gasteiger partial charge in [-0.3, -0.25) is 14.2 Å². The van der Waals surface area contributed by atoms with E-state index in [0.717, 1.165) is 0 Å². The van der Waals surface area contributed by atoms with Gasteiger partial charge >= 0.3 is 11.9 Å². The number of benzene rings is 2. The molecule has 0 aliphatic carbocycles. The number of halogens is 1. The number of esters is 2. The molecule has 0 unspecified atom stereocenters. The van der Waals surface area contributed by atoms with E-state index >= 15 is 0 Å². The van der Waals surface area contributed by atoms with Crippen LogP contribution in [0.15, 0.2) is 51.4 Å². The second-order valence-corrected chi connectivity index (χ2v) is 11.4. The van der Waals surface area contributed by atoms with Crippen LogP contribution in [-0.2, 0) is 14.3 Å². The van der Waals surface area contributed by atoms with E-state index < -0.39 is 18.0 Å². The first-order valence-corrected chi connectivity index (χ1v) is 15.8. The highest BCUT2D eigenvalue weighted by Gasteiger charge is 2.34. The van der Waals surface area contributed by atoms with E-state index in [2.05, 4.69) is 27.6 Å². The van der Waals surface area contributed by atoms with Gasteiger partial charge in [0.25, 0.3) is 5.56 Å². The molecule has 0 spiro atoms. The highest BCUT2D eigenvalue weighted by Crippen LogP contribution is 2.37. The summed E-state index contributed by atoms with van der Waals surface area (Å²) in [5.74, 6) is 0.772. The Kier molecular flexibility index (Phi) is 10.7. The fourth-order valence-electron chi connectivity index (χ4n) is 4.67. The number of nitrogens with zero attached hydrogens (tertiary/aromatic N) is 2. The molecule has 2 heterocycles. The van der Waals surface area contributed by atoms with Gasteiger partial charge in [-0.05, 0) is 98.7 Å². The van der Waals surface area contributed by atoms with Gasteiger partial charge in [0.05, 0.1) is 51.8 Å². The summed E-state index contributed by atoms with van der Waals surface area (Å²) in [6.07, 6.45) is 1.73. The number of allylic oxidation sites excluding steroid dienone is 1. The molecule has 0 saturated carbocycles. The van der Waals surface area contributed by atoms with Crippen LogP contribution in [0.2, 0.25) is 0 Å². The fraction of sp³-hybridized carbons (Fsp3) is 0.355. The van der Waals surface area contributed by atoms with Gasteiger partial charge in [0.2, 0.25) is 0 Å². The van der Waals surface area contributed by atoms with Crippen LogP contribution in [0.3, 0.4) is 0 Å². The van der Waals surface area contributed by atoms with Crippen LogP contribution in [0.5, 0.6) is 23.0 Å². The highest BCUT2D eigenvalue weighted by atomic mass is 127. The third kappa shape index (κ3) is 6.96. The minimum absolute atomic E-state index is 0.171. The molecular weight excluding hydrogens is 687 g/mol. The molecule has 3 aromatic rings. The van der Waals surface area contributed by atoms with E-state index in [1.54, 1.807) is 44.2 Å². The average Bonchev–Trinajstić information content (AvgIpc) is 3.25. The van der Waals surface area contributed by atoms with Crippen LogP contribution in [0, 0.1) is 3.57 Å². The van der Waals surface area contributed by atoms with Crippen molar-refractivity contribution in [3.05, 3.63) is 76.0 Å². The summed E-state index contributed by atoms with van der Waals surface area (Å²) >= 11 is 3.28. The summed E-state index contributed by atoms with van der Waals surface area (Å²) in [6, 6.07) is 8.09. The Morgan fingerprint density at radius 2 is 1.65 bits per heavy atom. The molecule has 0 saturated heterocycles. The number of thiazole rings is 1. The Hall–Kier alpha value is -3.65. The van der Waals surface area contributed by atoms with Gasteiger partial charge in [-0.25, -0.2) is 9.79 Å². The summed E-state index contributed by atoms with van der Waals surface area (Å²) < 4.78 is 30.7. The summed E-state index contributed by atoms with van der Waals surface area (Å²) in [4.78, 5) is 44.1. The summed E-state index contributed by atoms with van der Waals surface area (Å²) in [6.45, 7) is 11.8. The minimum atomic E-state index is -0.808. The number of aromatic nitrogens is 1. The number of hydrogen-bond donors (Lipinski definition) is 0. The topological polar surface area (TPSA) is 115 Å². The molecule has 0 amide bonds. The summed E-state index contributed by atoms with van der Waals surface area (Å²) in [7, 11) is 0. The van der Waals surface area contributed by atoms with Gasteiger partial charge < -0.3 is 23.7 Å². The van der Waals surface area contributed by atoms with E-state index in [9.17, 15) is 14.4 Å². The molecule has 43 heavy (non-hydrogen) atoms. The lowest BCUT2D eigenvalue weighted by Gasteiger charge is -2.25. The molecule has 12 heteroatoms. The molecule has 1 atom stereocenters. The van der Waals surface area contributed by atoms with Crippen LogP contribution in [-0.4, -0.2) is 42.9 Å². The third-order valence-electron chi connectivity index (χ3n) is 6.28. The Morgan fingerprint density at radius 1 is 0.977 bits per heavy atom. The normalized spacial score (nSPS) is 14.6. The van der Waals surface area contributed by atoms with Crippen molar-refractivity contribution in [3.63, 3.8) is 0 Å². The van der Waals surface area contributed by atoms with Gasteiger partial charge in [0.1, 0.15) is 0 Å². The SMILES string of the molecule is CCOC(=O)C1=C(C)N=c2s/c(=C\c3cc(I)c(OC(C)=O)c(OCC)c3)c(=O)n2[C@H]1c1ccc(OCC)c(OCC)c1. The molecular formula is C31H33IN2O8S. The maximum atomic E-state index is 14.1. The number of rotatable bonds is 11. The molecule has 228 valence electrons. The predicted octanol–water partition coefficient (Wildman–Crippen LogP) is 4.52. The second-order valence-electron chi connectivity index (χ2n) is 9.23. The molecule has 0 bridgehead atoms. The van der Waals surface area contributed by atoms with Crippen molar-refractivity contribution >= 4 is 51.9 Å². The van der Waals surface area contributed by atoms with Crippen LogP contribution in [0.1, 0.15) is 58.7 Å². The third-order valence-corrected chi connectivity index (χ3v) is 8.06. The molecule has 4 rings (SSSR count). The van der Waals surface area contributed by atoms with E-state index in [-0.39, 0.29) is 17.7 Å². The van der Waals surface area contributed by atoms with Gasteiger partial charge in [0.15, 0.2) is 27.8 Å². The van der Waals surface area contributed by atoms with Crippen molar-refractivity contribution in [2.45, 2.75) is 47.6 Å². The Morgan fingerprint density at radius 3 is 2.30 bits per heavy atom. The minimum Gasteiger partial charge on any atom is -0.490 e. The van der Waals surface area contributed by atoms with E-state index in [0.29, 0.717) is 72.5 Å². The quantitative estimate of drug-likeness (QED) is 0.162. The molecule has 0 radical (unpaired) electrons. The second kappa shape index (κ2) is 14.2. The Balaban J connectivity index is 1.93. The van der Waals surface area contributed by atoms with Gasteiger partial charge in [0, 0.05) is 6.92 Å². The number of ether oxygens (including phenoxy) is 5. The first-order chi connectivity index (χ1) is 20.6. The lowest BCUT2D eigenvalue weighted by atomic mass is 9.95. The van der Waals surface area contributed by atoms with Crippen molar-refractivity contribution in [2.75, 3.05) is 26.4 Å². The number of carbonyl (C=O) groups excluding carboxylic acids is 2. The van der Waals surface area contributed by atoms with Crippen LogP contribution >= 0.6 is 33.9 Å². The zero-order valence-corrected chi connectivity index (χ0v) is 27.8. The maximum absolute atomic E-state index is 14.1. The standard InChI is InChI=1S/C31H33IN2O8S/c1-7-38-22-12-11-20(16-23(22)39-8-2)27-26(30(37)41-10-4)17(5)33-31-34(27)29(36)25(43-31)15-19-13-21(32)28(42-18(6)35)24(14-19)40-9-3/h11-16,27H,7-10H2,1-6H3/b25-15-/t27-/m0/s1. The number of carbonyl (C=O) groups is 2. The molecule has 0 N–H and O–H groups in total. The Labute approximate surface area is 266 Å². The molecule has 1 aliphatic rings. The Bertz CT molecular complexity index is 1760. The van der Waals surface area contributed by atoms with Crippen LogP contribution in [0.25, 0.3) is 6.08 Å². The lowest BCUT2D eigenvalue weighted by molar-refractivity contribution is -0.139. The number of fused-ring (bicyclic) bond motifs is 1.